The summed E-state index contributed by atoms with van der Waals surface area (Å²) in [6.07, 6.45) is 0. The van der Waals surface area contributed by atoms with Crippen LogP contribution in [0.5, 0.6) is 0 Å². The summed E-state index contributed by atoms with van der Waals surface area (Å²) >= 11 is 5.58. The zero-order chi connectivity index (χ0) is 13.8. The average molecular weight is 319 g/mol. The Morgan fingerprint density at radius 3 is 1.16 bits per heavy atom. The summed E-state index contributed by atoms with van der Waals surface area (Å²) < 4.78 is 42.3. The zero-order valence-electron chi connectivity index (χ0n) is 10.8. The normalized spacial score (nSPS) is 25.5. The highest BCUT2D eigenvalue weighted by atomic mass is 35.7. The van der Waals surface area contributed by atoms with Crippen molar-refractivity contribution >= 4 is 18.2 Å². The van der Waals surface area contributed by atoms with E-state index in [1.54, 1.807) is 0 Å². The van der Waals surface area contributed by atoms with Crippen LogP contribution in [0.4, 0.5) is 0 Å². The van der Waals surface area contributed by atoms with Gasteiger partial charge in [0.15, 0.2) is 0 Å². The van der Waals surface area contributed by atoms with E-state index in [0.29, 0.717) is 39.6 Å². The molecule has 7 nitrogen and oxygen atoms in total. The van der Waals surface area contributed by atoms with Crippen molar-refractivity contribution in [1.82, 2.24) is 0 Å². The first-order chi connectivity index (χ1) is 9.21. The predicted octanol–water partition coefficient (Wildman–Crippen LogP) is 1.45. The van der Waals surface area contributed by atoms with E-state index in [-0.39, 0.29) is 26.4 Å². The van der Waals surface area contributed by atoms with Gasteiger partial charge < -0.3 is 18.9 Å². The third-order valence-corrected chi connectivity index (χ3v) is 3.63. The predicted molar refractivity (Wildman–Crippen MR) is 68.6 cm³/mol. The molecule has 19 heavy (non-hydrogen) atoms. The molecular formula is C10H20ClO7P. The highest BCUT2D eigenvalue weighted by molar-refractivity contribution is 7.81. The molecule has 0 spiro atoms. The Morgan fingerprint density at radius 1 is 0.579 bits per heavy atom. The maximum Gasteiger partial charge on any atom is 0.424 e. The Labute approximate surface area is 117 Å². The fourth-order valence-corrected chi connectivity index (χ4v) is 2.28. The molecule has 0 amide bonds. The van der Waals surface area contributed by atoms with Crippen LogP contribution in [0.15, 0.2) is 0 Å². The molecule has 0 unspecified atom stereocenters. The molecule has 0 aromatic rings. The van der Waals surface area contributed by atoms with Crippen molar-refractivity contribution in [3.05, 3.63) is 0 Å². The van der Waals surface area contributed by atoms with Gasteiger partial charge in [0, 0.05) is 11.2 Å². The van der Waals surface area contributed by atoms with E-state index in [4.69, 9.17) is 39.2 Å². The van der Waals surface area contributed by atoms with Crippen LogP contribution in [-0.4, -0.2) is 66.1 Å². The van der Waals surface area contributed by atoms with Crippen LogP contribution in [-0.2, 0) is 32.6 Å². The van der Waals surface area contributed by atoms with Crippen molar-refractivity contribution < 1.29 is 32.6 Å². The zero-order valence-corrected chi connectivity index (χ0v) is 12.4. The lowest BCUT2D eigenvalue weighted by Gasteiger charge is -2.12. The topological polar surface area (TPSA) is 72.5 Å². The standard InChI is InChI=1S/C10H20ClO7P/c11-19(12)17-9-7-15-5-3-13-1-2-14-4-6-16-8-10-18-19/h1-10H2. The summed E-state index contributed by atoms with van der Waals surface area (Å²) in [4.78, 5) is 0. The lowest BCUT2D eigenvalue weighted by atomic mass is 10.7. The molecular weight excluding hydrogens is 299 g/mol. The van der Waals surface area contributed by atoms with E-state index in [0.717, 1.165) is 0 Å². The van der Waals surface area contributed by atoms with Gasteiger partial charge in [-0.15, -0.1) is 0 Å². The average Bonchev–Trinajstić information content (AvgIpc) is 2.37. The van der Waals surface area contributed by atoms with E-state index >= 15 is 0 Å². The highest BCUT2D eigenvalue weighted by Gasteiger charge is 2.20. The second kappa shape index (κ2) is 11.0. The third-order valence-electron chi connectivity index (χ3n) is 2.06. The molecule has 0 N–H and O–H groups in total. The van der Waals surface area contributed by atoms with Crippen LogP contribution in [0, 0.1) is 0 Å². The minimum absolute atomic E-state index is 0.102. The van der Waals surface area contributed by atoms with Crippen LogP contribution < -0.4 is 0 Å². The first kappa shape index (κ1) is 17.3. The van der Waals surface area contributed by atoms with Crippen molar-refractivity contribution in [2.24, 2.45) is 0 Å². The summed E-state index contributed by atoms with van der Waals surface area (Å²) in [5.41, 5.74) is 0. The third kappa shape index (κ3) is 10.7. The van der Waals surface area contributed by atoms with Crippen molar-refractivity contribution in [3.63, 3.8) is 0 Å². The molecule has 1 fully saturated rings. The van der Waals surface area contributed by atoms with Gasteiger partial charge in [0.05, 0.1) is 66.1 Å². The van der Waals surface area contributed by atoms with Gasteiger partial charge in [0.2, 0.25) is 0 Å². The number of hydrogen-bond donors (Lipinski definition) is 0. The minimum atomic E-state index is -3.54. The molecule has 1 aliphatic rings. The van der Waals surface area contributed by atoms with Gasteiger partial charge in [0.1, 0.15) is 0 Å². The maximum absolute atomic E-state index is 11.6. The van der Waals surface area contributed by atoms with Gasteiger partial charge in [-0.2, -0.15) is 0 Å². The number of hydrogen-bond acceptors (Lipinski definition) is 7. The fraction of sp³-hybridized carbons (Fsp3) is 1.00. The highest BCUT2D eigenvalue weighted by Crippen LogP contribution is 2.53. The number of rotatable bonds is 0. The summed E-state index contributed by atoms with van der Waals surface area (Å²) in [5.74, 6) is 0. The summed E-state index contributed by atoms with van der Waals surface area (Å²) in [6, 6.07) is 0. The van der Waals surface area contributed by atoms with Crippen LogP contribution in [0.2, 0.25) is 0 Å². The Morgan fingerprint density at radius 2 is 0.842 bits per heavy atom. The maximum atomic E-state index is 11.6. The largest absolute Gasteiger partial charge is 0.424 e. The summed E-state index contributed by atoms with van der Waals surface area (Å²) in [7, 11) is 0. The van der Waals surface area contributed by atoms with Crippen LogP contribution in [0.1, 0.15) is 0 Å². The molecule has 1 aliphatic heterocycles. The second-order valence-corrected chi connectivity index (χ2v) is 6.17. The van der Waals surface area contributed by atoms with Crippen molar-refractivity contribution in [2.45, 2.75) is 0 Å². The molecule has 0 radical (unpaired) electrons. The summed E-state index contributed by atoms with van der Waals surface area (Å²) in [5, 5.41) is 0. The molecule has 0 aromatic carbocycles. The minimum Gasteiger partial charge on any atom is -0.377 e. The van der Waals surface area contributed by atoms with E-state index < -0.39 is 6.95 Å². The van der Waals surface area contributed by atoms with Gasteiger partial charge in [-0.05, 0) is 0 Å². The van der Waals surface area contributed by atoms with E-state index in [1.807, 2.05) is 0 Å². The Bertz CT molecular complexity index is 244. The lowest BCUT2D eigenvalue weighted by molar-refractivity contribution is -0.00426. The van der Waals surface area contributed by atoms with Crippen molar-refractivity contribution in [3.8, 4) is 0 Å². The number of ether oxygens (including phenoxy) is 4. The molecule has 0 saturated carbocycles. The van der Waals surface area contributed by atoms with Crippen LogP contribution in [0.3, 0.4) is 0 Å². The summed E-state index contributed by atoms with van der Waals surface area (Å²) in [6.45, 7) is 0.0335. The molecule has 0 atom stereocenters. The van der Waals surface area contributed by atoms with Crippen molar-refractivity contribution in [2.75, 3.05) is 66.1 Å². The molecule has 9 heteroatoms. The van der Waals surface area contributed by atoms with Gasteiger partial charge >= 0.3 is 6.95 Å². The quantitative estimate of drug-likeness (QED) is 0.626. The first-order valence-corrected chi connectivity index (χ1v) is 8.55. The van der Waals surface area contributed by atoms with E-state index in [9.17, 15) is 4.57 Å². The molecule has 0 aliphatic carbocycles. The fourth-order valence-electron chi connectivity index (χ4n) is 1.21. The van der Waals surface area contributed by atoms with Gasteiger partial charge in [-0.1, -0.05) is 0 Å². The van der Waals surface area contributed by atoms with Gasteiger partial charge in [0.25, 0.3) is 0 Å². The Balaban J connectivity index is 2.22. The lowest BCUT2D eigenvalue weighted by Crippen LogP contribution is -2.12. The van der Waals surface area contributed by atoms with Crippen molar-refractivity contribution in [1.29, 1.82) is 0 Å². The van der Waals surface area contributed by atoms with Gasteiger partial charge in [-0.25, -0.2) is 4.57 Å². The smallest absolute Gasteiger partial charge is 0.377 e. The van der Waals surface area contributed by atoms with Crippen LogP contribution >= 0.6 is 18.2 Å². The molecule has 0 bridgehead atoms. The monoisotopic (exact) mass is 318 g/mol. The second-order valence-electron chi connectivity index (χ2n) is 3.55. The molecule has 1 heterocycles. The molecule has 1 rings (SSSR count). The van der Waals surface area contributed by atoms with E-state index in [1.165, 1.54) is 0 Å². The SMILES string of the molecule is O=P1(Cl)OCCOCCOCCOCCOCCO1. The van der Waals surface area contributed by atoms with Gasteiger partial charge in [-0.3, -0.25) is 9.05 Å². The Kier molecular flexibility index (Phi) is 10.0. The molecule has 114 valence electrons. The Hall–Kier alpha value is 0.280. The first-order valence-electron chi connectivity index (χ1n) is 6.10. The molecule has 0 aromatic heterocycles. The van der Waals surface area contributed by atoms with E-state index in [2.05, 4.69) is 0 Å². The number of halogens is 1. The van der Waals surface area contributed by atoms with Crippen LogP contribution in [0.25, 0.3) is 0 Å². The molecule has 1 saturated heterocycles.